The molecule has 19 heavy (non-hydrogen) atoms. The summed E-state index contributed by atoms with van der Waals surface area (Å²) in [5, 5.41) is 4.91. The molecule has 0 bridgehead atoms. The molecular weight excluding hydrogens is 334 g/mol. The predicted octanol–water partition coefficient (Wildman–Crippen LogP) is 2.30. The van der Waals surface area contributed by atoms with Crippen LogP contribution in [0.3, 0.4) is 0 Å². The Balaban J connectivity index is 2.26. The average Bonchev–Trinajstić information content (AvgIpc) is 2.33. The monoisotopic (exact) mass is 351 g/mol. The topological polar surface area (TPSA) is 78.6 Å². The SMILES string of the molecule is COc1ccc(OCCCCCS(N)(=O)=O)c(Br)c1. The Morgan fingerprint density at radius 2 is 2.00 bits per heavy atom. The van der Waals surface area contributed by atoms with Crippen molar-refractivity contribution in [3.8, 4) is 11.5 Å². The maximum atomic E-state index is 10.7. The van der Waals surface area contributed by atoms with Crippen LogP contribution >= 0.6 is 15.9 Å². The number of primary sulfonamides is 1. The predicted molar refractivity (Wildman–Crippen MR) is 78.0 cm³/mol. The van der Waals surface area contributed by atoms with Crippen LogP contribution in [0.4, 0.5) is 0 Å². The first-order valence-electron chi connectivity index (χ1n) is 5.89. The Hall–Kier alpha value is -0.790. The second kappa shape index (κ2) is 7.72. The molecule has 0 saturated heterocycles. The number of hydrogen-bond donors (Lipinski definition) is 1. The minimum Gasteiger partial charge on any atom is -0.497 e. The average molecular weight is 352 g/mol. The highest BCUT2D eigenvalue weighted by atomic mass is 79.9. The van der Waals surface area contributed by atoms with Crippen LogP contribution in [0.1, 0.15) is 19.3 Å². The van der Waals surface area contributed by atoms with E-state index >= 15 is 0 Å². The van der Waals surface area contributed by atoms with Gasteiger partial charge in [0.1, 0.15) is 11.5 Å². The molecule has 0 spiro atoms. The lowest BCUT2D eigenvalue weighted by Crippen LogP contribution is -2.16. The number of methoxy groups -OCH3 is 1. The lowest BCUT2D eigenvalue weighted by molar-refractivity contribution is 0.303. The summed E-state index contributed by atoms with van der Waals surface area (Å²) in [6, 6.07) is 5.48. The van der Waals surface area contributed by atoms with E-state index in [-0.39, 0.29) is 5.75 Å². The van der Waals surface area contributed by atoms with Gasteiger partial charge in [-0.25, -0.2) is 13.6 Å². The Bertz CT molecular complexity index is 504. The summed E-state index contributed by atoms with van der Waals surface area (Å²) >= 11 is 3.40. The smallest absolute Gasteiger partial charge is 0.209 e. The molecule has 0 fully saturated rings. The molecule has 0 saturated carbocycles. The van der Waals surface area contributed by atoms with Gasteiger partial charge in [0.2, 0.25) is 10.0 Å². The zero-order chi connectivity index (χ0) is 14.3. The van der Waals surface area contributed by atoms with Gasteiger partial charge in [0.15, 0.2) is 0 Å². The van der Waals surface area contributed by atoms with Crippen molar-refractivity contribution >= 4 is 26.0 Å². The van der Waals surface area contributed by atoms with Crippen LogP contribution in [0.2, 0.25) is 0 Å². The maximum Gasteiger partial charge on any atom is 0.209 e. The molecule has 0 aliphatic heterocycles. The molecule has 108 valence electrons. The van der Waals surface area contributed by atoms with E-state index in [9.17, 15) is 8.42 Å². The molecule has 7 heteroatoms. The van der Waals surface area contributed by atoms with E-state index in [0.29, 0.717) is 13.0 Å². The third-order valence-corrected chi connectivity index (χ3v) is 3.95. The molecule has 0 atom stereocenters. The van der Waals surface area contributed by atoms with E-state index in [4.69, 9.17) is 14.6 Å². The van der Waals surface area contributed by atoms with E-state index in [2.05, 4.69) is 15.9 Å². The van der Waals surface area contributed by atoms with Gasteiger partial charge in [-0.15, -0.1) is 0 Å². The van der Waals surface area contributed by atoms with E-state index in [0.717, 1.165) is 28.8 Å². The standard InChI is InChI=1S/C12H18BrNO4S/c1-17-10-5-6-12(11(13)9-10)18-7-3-2-4-8-19(14,15)16/h5-6,9H,2-4,7-8H2,1H3,(H2,14,15,16). The van der Waals surface area contributed by atoms with Crippen molar-refractivity contribution < 1.29 is 17.9 Å². The highest BCUT2D eigenvalue weighted by Gasteiger charge is 2.04. The molecule has 0 radical (unpaired) electrons. The van der Waals surface area contributed by atoms with Gasteiger partial charge in [-0.3, -0.25) is 0 Å². The number of halogens is 1. The molecule has 0 unspecified atom stereocenters. The van der Waals surface area contributed by atoms with Crippen molar-refractivity contribution in [1.82, 2.24) is 0 Å². The van der Waals surface area contributed by atoms with Crippen LogP contribution in [0.15, 0.2) is 22.7 Å². The van der Waals surface area contributed by atoms with E-state index in [1.165, 1.54) is 0 Å². The number of rotatable bonds is 8. The summed E-state index contributed by atoms with van der Waals surface area (Å²) in [5.41, 5.74) is 0. The Labute approximate surface area is 122 Å². The summed E-state index contributed by atoms with van der Waals surface area (Å²) in [4.78, 5) is 0. The van der Waals surface area contributed by atoms with E-state index in [1.807, 2.05) is 18.2 Å². The number of unbranched alkanes of at least 4 members (excludes halogenated alkanes) is 2. The molecule has 0 amide bonds. The zero-order valence-corrected chi connectivity index (χ0v) is 13.2. The van der Waals surface area contributed by atoms with Gasteiger partial charge >= 0.3 is 0 Å². The second-order valence-electron chi connectivity index (χ2n) is 4.07. The lowest BCUT2D eigenvalue weighted by atomic mass is 10.2. The van der Waals surface area contributed by atoms with Gasteiger partial charge in [-0.05, 0) is 53.4 Å². The second-order valence-corrected chi connectivity index (χ2v) is 6.66. The fraction of sp³-hybridized carbons (Fsp3) is 0.500. The van der Waals surface area contributed by atoms with Crippen molar-refractivity contribution in [2.45, 2.75) is 19.3 Å². The van der Waals surface area contributed by atoms with E-state index in [1.54, 1.807) is 7.11 Å². The molecule has 0 heterocycles. The minimum absolute atomic E-state index is 0.0270. The van der Waals surface area contributed by atoms with Crippen LogP contribution in [0.25, 0.3) is 0 Å². The third-order valence-electron chi connectivity index (χ3n) is 2.47. The first kappa shape index (κ1) is 16.3. The normalized spacial score (nSPS) is 11.3. The van der Waals surface area contributed by atoms with Crippen LogP contribution in [0.5, 0.6) is 11.5 Å². The Morgan fingerprint density at radius 3 is 2.58 bits per heavy atom. The van der Waals surface area contributed by atoms with Crippen LogP contribution < -0.4 is 14.6 Å². The number of ether oxygens (including phenoxy) is 2. The molecule has 5 nitrogen and oxygen atoms in total. The molecular formula is C12H18BrNO4S. The number of nitrogens with two attached hydrogens (primary N) is 1. The quantitative estimate of drug-likeness (QED) is 0.728. The summed E-state index contributed by atoms with van der Waals surface area (Å²) in [7, 11) is -1.74. The molecule has 0 aliphatic rings. The fourth-order valence-electron chi connectivity index (χ4n) is 1.49. The third kappa shape index (κ3) is 6.79. The van der Waals surface area contributed by atoms with Crippen LogP contribution in [-0.4, -0.2) is 27.9 Å². The molecule has 1 rings (SSSR count). The van der Waals surface area contributed by atoms with Gasteiger partial charge in [0, 0.05) is 0 Å². The molecule has 2 N–H and O–H groups in total. The maximum absolute atomic E-state index is 10.7. The van der Waals surface area contributed by atoms with Crippen molar-refractivity contribution in [2.24, 2.45) is 5.14 Å². The number of hydrogen-bond acceptors (Lipinski definition) is 4. The lowest BCUT2D eigenvalue weighted by Gasteiger charge is -2.09. The highest BCUT2D eigenvalue weighted by Crippen LogP contribution is 2.29. The first-order valence-corrected chi connectivity index (χ1v) is 8.40. The van der Waals surface area contributed by atoms with Crippen LogP contribution in [0, 0.1) is 0 Å². The van der Waals surface area contributed by atoms with Crippen LogP contribution in [-0.2, 0) is 10.0 Å². The summed E-state index contributed by atoms with van der Waals surface area (Å²) in [6.45, 7) is 0.537. The first-order chi connectivity index (χ1) is 8.92. The number of sulfonamides is 1. The van der Waals surface area contributed by atoms with Crippen molar-refractivity contribution in [3.05, 3.63) is 22.7 Å². The minimum atomic E-state index is -3.34. The van der Waals surface area contributed by atoms with Crippen molar-refractivity contribution in [1.29, 1.82) is 0 Å². The van der Waals surface area contributed by atoms with Crippen molar-refractivity contribution in [2.75, 3.05) is 19.5 Å². The largest absolute Gasteiger partial charge is 0.497 e. The van der Waals surface area contributed by atoms with Gasteiger partial charge in [-0.1, -0.05) is 0 Å². The molecule has 0 aromatic heterocycles. The Morgan fingerprint density at radius 1 is 1.26 bits per heavy atom. The molecule has 1 aromatic carbocycles. The number of benzene rings is 1. The highest BCUT2D eigenvalue weighted by molar-refractivity contribution is 9.10. The Kier molecular flexibility index (Phi) is 6.60. The fourth-order valence-corrected chi connectivity index (χ4v) is 2.57. The van der Waals surface area contributed by atoms with Gasteiger partial charge in [0.25, 0.3) is 0 Å². The zero-order valence-electron chi connectivity index (χ0n) is 10.8. The van der Waals surface area contributed by atoms with Gasteiger partial charge < -0.3 is 9.47 Å². The van der Waals surface area contributed by atoms with E-state index < -0.39 is 10.0 Å². The summed E-state index contributed by atoms with van der Waals surface area (Å²) in [6.07, 6.45) is 2.12. The van der Waals surface area contributed by atoms with Crippen molar-refractivity contribution in [3.63, 3.8) is 0 Å². The van der Waals surface area contributed by atoms with Gasteiger partial charge in [-0.2, -0.15) is 0 Å². The summed E-state index contributed by atoms with van der Waals surface area (Å²) < 4.78 is 32.9. The molecule has 1 aromatic rings. The summed E-state index contributed by atoms with van der Waals surface area (Å²) in [5.74, 6) is 1.53. The van der Waals surface area contributed by atoms with Gasteiger partial charge in [0.05, 0.1) is 23.9 Å². The molecule has 0 aliphatic carbocycles.